The van der Waals surface area contributed by atoms with Crippen molar-refractivity contribution >= 4 is 16.6 Å². The van der Waals surface area contributed by atoms with Gasteiger partial charge in [0.1, 0.15) is 11.2 Å². The van der Waals surface area contributed by atoms with Crippen molar-refractivity contribution in [2.24, 2.45) is 0 Å². The van der Waals surface area contributed by atoms with Gasteiger partial charge in [0, 0.05) is 12.6 Å². The van der Waals surface area contributed by atoms with Crippen LogP contribution in [-0.2, 0) is 5.54 Å². The van der Waals surface area contributed by atoms with Crippen LogP contribution in [0.4, 0.5) is 5.69 Å². The number of hydrogen-bond donors (Lipinski definition) is 1. The van der Waals surface area contributed by atoms with Crippen molar-refractivity contribution in [3.8, 4) is 0 Å². The number of nitrogens with one attached hydrogen (secondary N) is 1. The summed E-state index contributed by atoms with van der Waals surface area (Å²) in [4.78, 5) is 28.1. The van der Waals surface area contributed by atoms with Crippen LogP contribution in [-0.4, -0.2) is 27.6 Å². The van der Waals surface area contributed by atoms with Crippen molar-refractivity contribution in [3.63, 3.8) is 0 Å². The maximum absolute atomic E-state index is 13.0. The fourth-order valence-electron chi connectivity index (χ4n) is 3.34. The third kappa shape index (κ3) is 2.18. The summed E-state index contributed by atoms with van der Waals surface area (Å²) in [5.74, 6) is 0.587. The molecule has 1 aromatic heterocycles. The molecule has 1 aliphatic rings. The highest BCUT2D eigenvalue weighted by Gasteiger charge is 2.32. The van der Waals surface area contributed by atoms with Gasteiger partial charge in [-0.1, -0.05) is 6.07 Å². The number of aryl methyl sites for hydroxylation is 1. The number of piperidine rings is 1. The number of non-ortho nitro benzene ring substituents is 1. The Hall–Kier alpha value is -2.28. The molecule has 0 unspecified atom stereocenters. The van der Waals surface area contributed by atoms with Crippen LogP contribution in [0.25, 0.3) is 10.9 Å². The van der Waals surface area contributed by atoms with E-state index in [1.807, 2.05) is 6.92 Å². The van der Waals surface area contributed by atoms with Gasteiger partial charge in [-0.25, -0.2) is 4.98 Å². The first-order valence-electron chi connectivity index (χ1n) is 7.32. The second kappa shape index (κ2) is 5.17. The average molecular weight is 302 g/mol. The van der Waals surface area contributed by atoms with Gasteiger partial charge in [0.25, 0.3) is 11.2 Å². The molecule has 1 fully saturated rings. The number of nitrogens with zero attached hydrogens (tertiary/aromatic N) is 3. The Labute approximate surface area is 127 Å². The normalized spacial score (nSPS) is 21.9. The van der Waals surface area contributed by atoms with Gasteiger partial charge in [0.15, 0.2) is 0 Å². The van der Waals surface area contributed by atoms with Crippen molar-refractivity contribution in [1.82, 2.24) is 14.9 Å². The Morgan fingerprint density at radius 2 is 2.23 bits per heavy atom. The van der Waals surface area contributed by atoms with E-state index in [1.54, 1.807) is 23.6 Å². The summed E-state index contributed by atoms with van der Waals surface area (Å²) < 4.78 is 1.62. The monoisotopic (exact) mass is 302 g/mol. The molecule has 0 bridgehead atoms. The van der Waals surface area contributed by atoms with Gasteiger partial charge >= 0.3 is 0 Å². The molecule has 0 amide bonds. The number of benzene rings is 1. The molecule has 1 N–H and O–H groups in total. The van der Waals surface area contributed by atoms with E-state index in [1.165, 1.54) is 6.07 Å². The maximum Gasteiger partial charge on any atom is 0.284 e. The number of nitro benzene ring substituents is 1. The summed E-state index contributed by atoms with van der Waals surface area (Å²) in [7, 11) is 0. The summed E-state index contributed by atoms with van der Waals surface area (Å²) >= 11 is 0. The lowest BCUT2D eigenvalue weighted by molar-refractivity contribution is -0.383. The highest BCUT2D eigenvalue weighted by molar-refractivity contribution is 5.87. The van der Waals surface area contributed by atoms with Gasteiger partial charge in [-0.2, -0.15) is 0 Å². The summed E-state index contributed by atoms with van der Waals surface area (Å²) in [6.07, 6.45) is 1.80. The first-order valence-corrected chi connectivity index (χ1v) is 7.32. The Morgan fingerprint density at radius 1 is 1.45 bits per heavy atom. The largest absolute Gasteiger partial charge is 0.314 e. The highest BCUT2D eigenvalue weighted by atomic mass is 16.6. The van der Waals surface area contributed by atoms with E-state index >= 15 is 0 Å². The molecule has 1 atom stereocenters. The van der Waals surface area contributed by atoms with Crippen molar-refractivity contribution in [2.45, 2.75) is 32.2 Å². The van der Waals surface area contributed by atoms with Gasteiger partial charge in [0.2, 0.25) is 0 Å². The standard InChI is InChI=1S/C15H18N4O3/c1-10-17-11-5-3-6-12(19(21)22)13(11)14(20)18(10)15(2)7-4-8-16-9-15/h3,5-6,16H,4,7-9H2,1-2H3/t15-/m1/s1. The smallest absolute Gasteiger partial charge is 0.284 e. The highest BCUT2D eigenvalue weighted by Crippen LogP contribution is 2.27. The first-order chi connectivity index (χ1) is 10.4. The quantitative estimate of drug-likeness (QED) is 0.673. The minimum absolute atomic E-state index is 0.0879. The second-order valence-corrected chi connectivity index (χ2v) is 6.01. The Balaban J connectivity index is 2.34. The Bertz CT molecular complexity index is 806. The molecule has 1 aliphatic heterocycles. The second-order valence-electron chi connectivity index (χ2n) is 6.01. The van der Waals surface area contributed by atoms with Crippen molar-refractivity contribution in [1.29, 1.82) is 0 Å². The molecule has 7 heteroatoms. The van der Waals surface area contributed by atoms with Crippen LogP contribution < -0.4 is 10.9 Å². The zero-order chi connectivity index (χ0) is 15.9. The molecular formula is C15H18N4O3. The lowest BCUT2D eigenvalue weighted by Gasteiger charge is -2.37. The molecule has 0 aliphatic carbocycles. The van der Waals surface area contributed by atoms with Crippen molar-refractivity contribution < 1.29 is 4.92 Å². The Kier molecular flexibility index (Phi) is 3.44. The van der Waals surface area contributed by atoms with Crippen LogP contribution >= 0.6 is 0 Å². The maximum atomic E-state index is 13.0. The predicted octanol–water partition coefficient (Wildman–Crippen LogP) is 1.71. The van der Waals surface area contributed by atoms with E-state index in [9.17, 15) is 14.9 Å². The molecule has 2 heterocycles. The molecular weight excluding hydrogens is 284 g/mol. The van der Waals surface area contributed by atoms with Gasteiger partial charge in [-0.3, -0.25) is 19.5 Å². The molecule has 116 valence electrons. The number of nitro groups is 1. The summed E-state index contributed by atoms with van der Waals surface area (Å²) in [5.41, 5.74) is -0.554. The number of rotatable bonds is 2. The fraction of sp³-hybridized carbons (Fsp3) is 0.467. The number of aromatic nitrogens is 2. The predicted molar refractivity (Wildman–Crippen MR) is 83.1 cm³/mol. The minimum Gasteiger partial charge on any atom is -0.314 e. The van der Waals surface area contributed by atoms with Gasteiger partial charge < -0.3 is 5.32 Å². The van der Waals surface area contributed by atoms with E-state index in [2.05, 4.69) is 10.3 Å². The van der Waals surface area contributed by atoms with Crippen LogP contribution in [0.3, 0.4) is 0 Å². The van der Waals surface area contributed by atoms with Crippen LogP contribution in [0.15, 0.2) is 23.0 Å². The third-order valence-corrected chi connectivity index (χ3v) is 4.35. The summed E-state index contributed by atoms with van der Waals surface area (Å²) in [6.45, 7) is 5.35. The van der Waals surface area contributed by atoms with E-state index < -0.39 is 10.5 Å². The minimum atomic E-state index is -0.521. The van der Waals surface area contributed by atoms with Crippen LogP contribution in [0.2, 0.25) is 0 Å². The molecule has 22 heavy (non-hydrogen) atoms. The van der Waals surface area contributed by atoms with Crippen molar-refractivity contribution in [2.75, 3.05) is 13.1 Å². The number of fused-ring (bicyclic) bond motifs is 1. The van der Waals surface area contributed by atoms with Crippen molar-refractivity contribution in [3.05, 3.63) is 44.5 Å². The van der Waals surface area contributed by atoms with Gasteiger partial charge in [0.05, 0.1) is 16.0 Å². The van der Waals surface area contributed by atoms with Crippen LogP contribution in [0.1, 0.15) is 25.6 Å². The van der Waals surface area contributed by atoms with E-state index in [0.717, 1.165) is 19.4 Å². The van der Waals surface area contributed by atoms with Gasteiger partial charge in [-0.15, -0.1) is 0 Å². The zero-order valence-corrected chi connectivity index (χ0v) is 12.6. The molecule has 2 aromatic rings. The third-order valence-electron chi connectivity index (χ3n) is 4.35. The lowest BCUT2D eigenvalue weighted by Crippen LogP contribution is -2.50. The zero-order valence-electron chi connectivity index (χ0n) is 12.6. The Morgan fingerprint density at radius 3 is 2.86 bits per heavy atom. The van der Waals surface area contributed by atoms with E-state index in [0.29, 0.717) is 17.9 Å². The molecule has 3 rings (SSSR count). The van der Waals surface area contributed by atoms with E-state index in [4.69, 9.17) is 0 Å². The molecule has 0 spiro atoms. The molecule has 7 nitrogen and oxygen atoms in total. The van der Waals surface area contributed by atoms with Crippen LogP contribution in [0, 0.1) is 17.0 Å². The SMILES string of the molecule is Cc1nc2cccc([N+](=O)[O-])c2c(=O)n1[C@]1(C)CCCNC1. The summed E-state index contributed by atoms with van der Waals surface area (Å²) in [5, 5.41) is 14.6. The molecule has 1 saturated heterocycles. The summed E-state index contributed by atoms with van der Waals surface area (Å²) in [6, 6.07) is 4.55. The first kappa shape index (κ1) is 14.6. The van der Waals surface area contributed by atoms with Gasteiger partial charge in [-0.05, 0) is 39.3 Å². The van der Waals surface area contributed by atoms with E-state index in [-0.39, 0.29) is 16.6 Å². The average Bonchev–Trinajstić information content (AvgIpc) is 2.46. The fourth-order valence-corrected chi connectivity index (χ4v) is 3.34. The number of hydrogen-bond acceptors (Lipinski definition) is 5. The van der Waals surface area contributed by atoms with Crippen LogP contribution in [0.5, 0.6) is 0 Å². The topological polar surface area (TPSA) is 90.1 Å². The molecule has 0 radical (unpaired) electrons. The molecule has 1 aromatic carbocycles. The lowest BCUT2D eigenvalue weighted by atomic mass is 9.91. The molecule has 0 saturated carbocycles.